The van der Waals surface area contributed by atoms with Gasteiger partial charge in [0.2, 0.25) is 0 Å². The van der Waals surface area contributed by atoms with Crippen LogP contribution in [-0.2, 0) is 17.6 Å². The van der Waals surface area contributed by atoms with E-state index in [1.54, 1.807) is 6.07 Å². The normalized spacial score (nSPS) is 19.1. The van der Waals surface area contributed by atoms with E-state index in [-0.39, 0.29) is 17.2 Å². The molecule has 0 bridgehead atoms. The Kier molecular flexibility index (Phi) is 5.27. The summed E-state index contributed by atoms with van der Waals surface area (Å²) in [5.41, 5.74) is 4.02. The Morgan fingerprint density at radius 1 is 1.13 bits per heavy atom. The number of benzene rings is 1. The zero-order valence-corrected chi connectivity index (χ0v) is 17.7. The molecular weight excluding hydrogens is 390 g/mol. The Labute approximate surface area is 181 Å². The van der Waals surface area contributed by atoms with Gasteiger partial charge < -0.3 is 14.6 Å². The van der Waals surface area contributed by atoms with E-state index in [1.165, 1.54) is 23.7 Å². The smallest absolute Gasteiger partial charge is 0.343 e. The molecule has 0 saturated heterocycles. The number of fused-ring (bicyclic) bond motifs is 2. The summed E-state index contributed by atoms with van der Waals surface area (Å²) in [6.07, 6.45) is 10.7. The number of anilines is 1. The molecule has 5 rings (SSSR count). The topological polar surface area (TPSA) is 86.3 Å². The molecule has 3 heterocycles. The summed E-state index contributed by atoms with van der Waals surface area (Å²) in [7, 11) is 0. The first-order valence-corrected chi connectivity index (χ1v) is 11.4. The van der Waals surface area contributed by atoms with Gasteiger partial charge in [-0.2, -0.15) is 5.26 Å². The van der Waals surface area contributed by atoms with Crippen LogP contribution in [0.1, 0.15) is 61.6 Å². The van der Waals surface area contributed by atoms with Crippen molar-refractivity contribution >= 4 is 28.6 Å². The van der Waals surface area contributed by atoms with Crippen molar-refractivity contribution in [2.75, 3.05) is 18.0 Å². The largest absolute Gasteiger partial charge is 0.422 e. The average Bonchev–Trinajstić information content (AvgIpc) is 2.79. The minimum atomic E-state index is -0.505. The number of hydrogen-bond acceptors (Lipinski definition) is 5. The van der Waals surface area contributed by atoms with E-state index in [1.807, 2.05) is 6.07 Å². The maximum atomic E-state index is 12.8. The Balaban J connectivity index is 1.52. The Morgan fingerprint density at radius 2 is 1.90 bits per heavy atom. The molecule has 6 heteroatoms. The van der Waals surface area contributed by atoms with Crippen LogP contribution < -0.4 is 15.8 Å². The highest BCUT2D eigenvalue weighted by molar-refractivity contribution is 6.02. The quantitative estimate of drug-likeness (QED) is 0.466. The van der Waals surface area contributed by atoms with E-state index < -0.39 is 11.5 Å². The summed E-state index contributed by atoms with van der Waals surface area (Å²) in [6, 6.07) is 5.96. The van der Waals surface area contributed by atoms with Gasteiger partial charge in [-0.05, 0) is 62.3 Å². The number of nitriles is 1. The molecule has 0 unspecified atom stereocenters. The first-order chi connectivity index (χ1) is 15.1. The van der Waals surface area contributed by atoms with E-state index in [9.17, 15) is 14.9 Å². The van der Waals surface area contributed by atoms with Crippen LogP contribution in [0.5, 0.6) is 0 Å². The van der Waals surface area contributed by atoms with Crippen LogP contribution in [0, 0.1) is 11.3 Å². The van der Waals surface area contributed by atoms with Crippen LogP contribution in [0.3, 0.4) is 0 Å². The van der Waals surface area contributed by atoms with Crippen LogP contribution in [-0.4, -0.2) is 25.0 Å². The lowest BCUT2D eigenvalue weighted by Gasteiger charge is -2.37. The predicted molar refractivity (Wildman–Crippen MR) is 120 cm³/mol. The summed E-state index contributed by atoms with van der Waals surface area (Å²) in [5, 5.41) is 13.4. The summed E-state index contributed by atoms with van der Waals surface area (Å²) >= 11 is 0. The zero-order valence-electron chi connectivity index (χ0n) is 17.7. The zero-order chi connectivity index (χ0) is 21.4. The third-order valence-electron chi connectivity index (χ3n) is 6.85. The molecule has 1 aromatic carbocycles. The van der Waals surface area contributed by atoms with Crippen molar-refractivity contribution in [1.29, 1.82) is 5.26 Å². The fourth-order valence-electron chi connectivity index (χ4n) is 5.38. The maximum Gasteiger partial charge on any atom is 0.343 e. The lowest BCUT2D eigenvalue weighted by atomic mass is 9.90. The third-order valence-corrected chi connectivity index (χ3v) is 6.85. The molecule has 1 saturated carbocycles. The second-order valence-corrected chi connectivity index (χ2v) is 8.94. The summed E-state index contributed by atoms with van der Waals surface area (Å²) < 4.78 is 5.77. The molecule has 2 aliphatic heterocycles. The Hall–Kier alpha value is -3.07. The van der Waals surface area contributed by atoms with Gasteiger partial charge >= 0.3 is 5.63 Å². The standard InChI is InChI=1S/C25H27N3O3/c26-15-19(24(29)27-20-7-2-1-3-8-20)14-18-13-17-12-16-6-4-10-28-11-5-9-21(22(16)28)23(17)31-25(18)30/h12-14,20H,1-11H2,(H,27,29). The van der Waals surface area contributed by atoms with Gasteiger partial charge in [0, 0.05) is 35.8 Å². The predicted octanol–water partition coefficient (Wildman–Crippen LogP) is 3.85. The van der Waals surface area contributed by atoms with Crippen molar-refractivity contribution in [2.45, 2.75) is 63.8 Å². The number of amides is 1. The van der Waals surface area contributed by atoms with E-state index in [4.69, 9.17) is 4.42 Å². The Morgan fingerprint density at radius 3 is 2.68 bits per heavy atom. The molecule has 3 aliphatic rings. The maximum absolute atomic E-state index is 12.8. The van der Waals surface area contributed by atoms with Gasteiger partial charge in [-0.15, -0.1) is 0 Å². The lowest BCUT2D eigenvalue weighted by molar-refractivity contribution is -0.117. The molecule has 6 nitrogen and oxygen atoms in total. The molecule has 1 amide bonds. The first kappa shape index (κ1) is 19.9. The van der Waals surface area contributed by atoms with Gasteiger partial charge in [-0.3, -0.25) is 4.79 Å². The average molecular weight is 418 g/mol. The molecular formula is C25H27N3O3. The third kappa shape index (κ3) is 3.74. The fourth-order valence-corrected chi connectivity index (χ4v) is 5.38. The molecule has 0 spiro atoms. The second kappa shape index (κ2) is 8.22. The summed E-state index contributed by atoms with van der Waals surface area (Å²) in [5.74, 6) is -0.412. The highest BCUT2D eigenvalue weighted by Gasteiger charge is 2.27. The van der Waals surface area contributed by atoms with Crippen LogP contribution in [0.2, 0.25) is 0 Å². The van der Waals surface area contributed by atoms with E-state index in [0.717, 1.165) is 75.4 Å². The van der Waals surface area contributed by atoms with Gasteiger partial charge in [0.05, 0.1) is 5.56 Å². The van der Waals surface area contributed by atoms with Crippen molar-refractivity contribution in [3.8, 4) is 6.07 Å². The highest BCUT2D eigenvalue weighted by Crippen LogP contribution is 2.39. The minimum absolute atomic E-state index is 0.0531. The van der Waals surface area contributed by atoms with Crippen LogP contribution in [0.25, 0.3) is 17.0 Å². The fraction of sp³-hybridized carbons (Fsp3) is 0.480. The highest BCUT2D eigenvalue weighted by atomic mass is 16.4. The number of carbonyl (C=O) groups is 1. The lowest BCUT2D eigenvalue weighted by Crippen LogP contribution is -2.36. The minimum Gasteiger partial charge on any atom is -0.422 e. The molecule has 1 aromatic heterocycles. The summed E-state index contributed by atoms with van der Waals surface area (Å²) in [4.78, 5) is 27.8. The number of aryl methyl sites for hydroxylation is 2. The van der Waals surface area contributed by atoms with Gasteiger partial charge in [-0.25, -0.2) is 4.79 Å². The molecule has 160 valence electrons. The number of nitrogens with one attached hydrogen (secondary N) is 1. The SMILES string of the molecule is N#CC(=Cc1cc2cc3c4c(c2oc1=O)CCCN4CCC3)C(=O)NC1CCCCC1. The second-order valence-electron chi connectivity index (χ2n) is 8.94. The van der Waals surface area contributed by atoms with Crippen molar-refractivity contribution in [1.82, 2.24) is 5.32 Å². The van der Waals surface area contributed by atoms with Gasteiger partial charge in [0.25, 0.3) is 5.91 Å². The number of carbonyl (C=O) groups excluding carboxylic acids is 1. The van der Waals surface area contributed by atoms with Gasteiger partial charge in [0.15, 0.2) is 0 Å². The number of hydrogen-bond donors (Lipinski definition) is 1. The van der Waals surface area contributed by atoms with Crippen LogP contribution in [0.4, 0.5) is 5.69 Å². The van der Waals surface area contributed by atoms with Crippen molar-refractivity contribution in [3.63, 3.8) is 0 Å². The first-order valence-electron chi connectivity index (χ1n) is 11.4. The van der Waals surface area contributed by atoms with E-state index >= 15 is 0 Å². The summed E-state index contributed by atoms with van der Waals surface area (Å²) in [6.45, 7) is 2.11. The van der Waals surface area contributed by atoms with Crippen molar-refractivity contribution < 1.29 is 9.21 Å². The monoisotopic (exact) mass is 417 g/mol. The number of rotatable bonds is 3. The number of nitrogens with zero attached hydrogens (tertiary/aromatic N) is 2. The van der Waals surface area contributed by atoms with Crippen LogP contribution >= 0.6 is 0 Å². The van der Waals surface area contributed by atoms with Gasteiger partial charge in [0.1, 0.15) is 17.2 Å². The molecule has 0 atom stereocenters. The van der Waals surface area contributed by atoms with Crippen LogP contribution in [0.15, 0.2) is 26.9 Å². The Bertz CT molecular complexity index is 1160. The molecule has 0 radical (unpaired) electrons. The van der Waals surface area contributed by atoms with E-state index in [2.05, 4.69) is 16.3 Å². The molecule has 1 aliphatic carbocycles. The molecule has 31 heavy (non-hydrogen) atoms. The van der Waals surface area contributed by atoms with Crippen molar-refractivity contribution in [3.05, 3.63) is 44.8 Å². The molecule has 1 N–H and O–H groups in total. The van der Waals surface area contributed by atoms with Crippen molar-refractivity contribution in [2.24, 2.45) is 0 Å². The molecule has 2 aromatic rings. The van der Waals surface area contributed by atoms with E-state index in [0.29, 0.717) is 5.58 Å². The van der Waals surface area contributed by atoms with Gasteiger partial charge in [-0.1, -0.05) is 19.3 Å². The molecule has 1 fully saturated rings.